The van der Waals surface area contributed by atoms with E-state index in [1.807, 2.05) is 24.3 Å². The number of benzene rings is 2. The van der Waals surface area contributed by atoms with Gasteiger partial charge in [-0.15, -0.1) is 0 Å². The molecule has 0 saturated carbocycles. The third-order valence-corrected chi connectivity index (χ3v) is 6.12. The number of hydrogen-bond acceptors (Lipinski definition) is 5. The fourth-order valence-electron chi connectivity index (χ4n) is 4.42. The highest BCUT2D eigenvalue weighted by atomic mass is 16.5. The molecule has 0 aliphatic heterocycles. The number of nitrogens with zero attached hydrogens (tertiary/aromatic N) is 1. The number of carboxylic acids is 1. The number of hydrogen-bond donors (Lipinski definition) is 3. The van der Waals surface area contributed by atoms with Gasteiger partial charge in [0.05, 0.1) is 0 Å². The van der Waals surface area contributed by atoms with Crippen LogP contribution in [0.25, 0.3) is 11.1 Å². The summed E-state index contributed by atoms with van der Waals surface area (Å²) in [6, 6.07) is 15.5. The number of unbranched alkanes of at least 4 members (excludes halogenated alkanes) is 3. The molecule has 0 fully saturated rings. The number of aliphatic carboxylic acids is 1. The summed E-state index contributed by atoms with van der Waals surface area (Å²) < 4.78 is 5.53. The van der Waals surface area contributed by atoms with Gasteiger partial charge in [-0.25, -0.2) is 9.59 Å². The van der Waals surface area contributed by atoms with Crippen LogP contribution in [0.5, 0.6) is 0 Å². The van der Waals surface area contributed by atoms with Gasteiger partial charge in [-0.1, -0.05) is 61.4 Å². The van der Waals surface area contributed by atoms with Crippen molar-refractivity contribution in [3.63, 3.8) is 0 Å². The lowest BCUT2D eigenvalue weighted by Gasteiger charge is -2.18. The van der Waals surface area contributed by atoms with E-state index in [1.165, 1.54) is 22.3 Å². The minimum Gasteiger partial charge on any atom is -0.480 e. The molecule has 1 atom stereocenters. The van der Waals surface area contributed by atoms with Crippen LogP contribution in [0.15, 0.2) is 48.5 Å². The number of nitrogens with one attached hydrogen (secondary N) is 2. The smallest absolute Gasteiger partial charge is 0.407 e. The number of ether oxygens (including phenoxy) is 1. The van der Waals surface area contributed by atoms with E-state index in [0.29, 0.717) is 19.6 Å². The van der Waals surface area contributed by atoms with E-state index in [1.54, 1.807) is 19.0 Å². The van der Waals surface area contributed by atoms with Crippen molar-refractivity contribution in [1.82, 2.24) is 15.5 Å². The van der Waals surface area contributed by atoms with Gasteiger partial charge in [-0.05, 0) is 49.2 Å². The Balaban J connectivity index is 1.29. The summed E-state index contributed by atoms with van der Waals surface area (Å²) in [5, 5.41) is 14.5. The van der Waals surface area contributed by atoms with Gasteiger partial charge < -0.3 is 25.4 Å². The number of fused-ring (bicyclic) bond motifs is 3. The molecule has 0 spiro atoms. The average Bonchev–Trinajstić information content (AvgIpc) is 3.15. The van der Waals surface area contributed by atoms with Crippen LogP contribution in [-0.2, 0) is 14.3 Å². The molecule has 0 unspecified atom stereocenters. The summed E-state index contributed by atoms with van der Waals surface area (Å²) in [5.41, 5.74) is 4.76. The van der Waals surface area contributed by atoms with E-state index in [9.17, 15) is 19.5 Å². The minimum absolute atomic E-state index is 0.0396. The Bertz CT molecular complexity index is 978. The third kappa shape index (κ3) is 7.55. The van der Waals surface area contributed by atoms with Gasteiger partial charge in [-0.2, -0.15) is 0 Å². The van der Waals surface area contributed by atoms with E-state index in [2.05, 4.69) is 34.9 Å². The molecule has 1 aliphatic carbocycles. The normalized spacial score (nSPS) is 13.1. The minimum atomic E-state index is -1.04. The molecule has 0 saturated heterocycles. The summed E-state index contributed by atoms with van der Waals surface area (Å²) >= 11 is 0. The quantitative estimate of drug-likeness (QED) is 0.377. The number of alkyl carbamates (subject to hydrolysis) is 1. The van der Waals surface area contributed by atoms with E-state index in [4.69, 9.17) is 4.74 Å². The second kappa shape index (κ2) is 12.9. The van der Waals surface area contributed by atoms with Gasteiger partial charge in [0.2, 0.25) is 5.91 Å². The van der Waals surface area contributed by atoms with Gasteiger partial charge in [-0.3, -0.25) is 4.79 Å². The first kappa shape index (κ1) is 26.2. The molecule has 0 radical (unpaired) electrons. The molecular formula is C27H35N3O5. The molecule has 1 aliphatic rings. The Morgan fingerprint density at radius 2 is 1.54 bits per heavy atom. The second-order valence-corrected chi connectivity index (χ2v) is 9.14. The first-order chi connectivity index (χ1) is 16.9. The van der Waals surface area contributed by atoms with Crippen LogP contribution in [0.2, 0.25) is 0 Å². The van der Waals surface area contributed by atoms with Gasteiger partial charge >= 0.3 is 12.1 Å². The van der Waals surface area contributed by atoms with Crippen molar-refractivity contribution in [3.05, 3.63) is 59.7 Å². The molecular weight excluding hydrogens is 446 g/mol. The van der Waals surface area contributed by atoms with Crippen molar-refractivity contribution < 1.29 is 24.2 Å². The topological polar surface area (TPSA) is 108 Å². The first-order valence-electron chi connectivity index (χ1n) is 12.1. The molecule has 35 heavy (non-hydrogen) atoms. The highest BCUT2D eigenvalue weighted by molar-refractivity contribution is 5.83. The molecule has 3 N–H and O–H groups in total. The Morgan fingerprint density at radius 3 is 2.14 bits per heavy atom. The second-order valence-electron chi connectivity index (χ2n) is 9.14. The zero-order valence-corrected chi connectivity index (χ0v) is 20.5. The molecule has 2 aromatic carbocycles. The standard InChI is InChI=1S/C27H35N3O5/c1-30(2)17-24(26(32)33)29-25(31)15-5-3-4-10-16-28-27(34)35-18-23-21-13-8-6-11-19(21)20-12-7-9-14-22(20)23/h6-9,11-14,23-24H,3-5,10,15-18H2,1-2H3,(H,28,34)(H,29,31)(H,32,33)/t24-/m0/s1. The lowest BCUT2D eigenvalue weighted by molar-refractivity contribution is -0.142. The largest absolute Gasteiger partial charge is 0.480 e. The van der Waals surface area contributed by atoms with Gasteiger partial charge in [0.15, 0.2) is 0 Å². The van der Waals surface area contributed by atoms with Crippen LogP contribution in [0.3, 0.4) is 0 Å². The van der Waals surface area contributed by atoms with Crippen LogP contribution in [0.4, 0.5) is 4.79 Å². The molecule has 8 nitrogen and oxygen atoms in total. The number of carbonyl (C=O) groups excluding carboxylic acids is 2. The van der Waals surface area contributed by atoms with Crippen molar-refractivity contribution in [2.45, 2.75) is 44.1 Å². The van der Waals surface area contributed by atoms with Crippen molar-refractivity contribution in [1.29, 1.82) is 0 Å². The maximum absolute atomic E-state index is 12.2. The van der Waals surface area contributed by atoms with Gasteiger partial charge in [0.1, 0.15) is 12.6 Å². The zero-order valence-electron chi connectivity index (χ0n) is 20.5. The van der Waals surface area contributed by atoms with Gasteiger partial charge in [0, 0.05) is 25.4 Å². The molecule has 0 bridgehead atoms. The number of carbonyl (C=O) groups is 3. The Hall–Kier alpha value is -3.39. The van der Waals surface area contributed by atoms with Crippen LogP contribution in [0.1, 0.15) is 49.1 Å². The summed E-state index contributed by atoms with van der Waals surface area (Å²) in [6.07, 6.45) is 3.00. The van der Waals surface area contributed by atoms with E-state index in [0.717, 1.165) is 19.3 Å². The Morgan fingerprint density at radius 1 is 0.943 bits per heavy atom. The molecule has 2 amide bonds. The Kier molecular flexibility index (Phi) is 9.66. The highest BCUT2D eigenvalue weighted by Gasteiger charge is 2.29. The summed E-state index contributed by atoms with van der Waals surface area (Å²) in [5.74, 6) is -1.25. The van der Waals surface area contributed by atoms with Crippen LogP contribution in [0, 0.1) is 0 Å². The van der Waals surface area contributed by atoms with E-state index < -0.39 is 18.1 Å². The van der Waals surface area contributed by atoms with Crippen LogP contribution in [-0.4, -0.2) is 67.8 Å². The van der Waals surface area contributed by atoms with Crippen molar-refractivity contribution in [3.8, 4) is 11.1 Å². The Labute approximate surface area is 206 Å². The summed E-state index contributed by atoms with van der Waals surface area (Å²) in [7, 11) is 3.53. The van der Waals surface area contributed by atoms with Crippen LogP contribution < -0.4 is 10.6 Å². The van der Waals surface area contributed by atoms with Crippen molar-refractivity contribution in [2.24, 2.45) is 0 Å². The number of carboxylic acid groups (broad SMARTS) is 1. The predicted octanol–water partition coefficient (Wildman–Crippen LogP) is 3.61. The first-order valence-corrected chi connectivity index (χ1v) is 12.1. The predicted molar refractivity (Wildman–Crippen MR) is 134 cm³/mol. The highest BCUT2D eigenvalue weighted by Crippen LogP contribution is 2.44. The van der Waals surface area contributed by atoms with E-state index >= 15 is 0 Å². The fourth-order valence-corrected chi connectivity index (χ4v) is 4.42. The number of amides is 2. The molecule has 188 valence electrons. The number of rotatable bonds is 13. The van der Waals surface area contributed by atoms with Gasteiger partial charge in [0.25, 0.3) is 0 Å². The fraction of sp³-hybridized carbons (Fsp3) is 0.444. The lowest BCUT2D eigenvalue weighted by Crippen LogP contribution is -2.46. The lowest BCUT2D eigenvalue weighted by atomic mass is 9.98. The monoisotopic (exact) mass is 481 g/mol. The molecule has 0 heterocycles. The van der Waals surface area contributed by atoms with E-state index in [-0.39, 0.29) is 24.8 Å². The molecule has 8 heteroatoms. The average molecular weight is 482 g/mol. The number of likely N-dealkylation sites (N-methyl/N-ethyl adjacent to an activating group) is 1. The van der Waals surface area contributed by atoms with Crippen molar-refractivity contribution >= 4 is 18.0 Å². The maximum Gasteiger partial charge on any atom is 0.407 e. The maximum atomic E-state index is 12.2. The molecule has 0 aromatic heterocycles. The SMILES string of the molecule is CN(C)C[C@H](NC(=O)CCCCCCNC(=O)OCC1c2ccccc2-c2ccccc21)C(=O)O. The molecule has 2 aromatic rings. The summed E-state index contributed by atoms with van der Waals surface area (Å²) in [4.78, 5) is 37.1. The zero-order chi connectivity index (χ0) is 25.2. The van der Waals surface area contributed by atoms with Crippen LogP contribution >= 0.6 is 0 Å². The third-order valence-electron chi connectivity index (χ3n) is 6.12. The van der Waals surface area contributed by atoms with Crippen molar-refractivity contribution in [2.75, 3.05) is 33.8 Å². The summed E-state index contributed by atoms with van der Waals surface area (Å²) in [6.45, 7) is 1.05. The molecule has 3 rings (SSSR count).